The Morgan fingerprint density at radius 2 is 1.54 bits per heavy atom. The third-order valence-corrected chi connectivity index (χ3v) is 12.3. The highest BCUT2D eigenvalue weighted by Crippen LogP contribution is 2.43. The van der Waals surface area contributed by atoms with Gasteiger partial charge < -0.3 is 35.0 Å². The summed E-state index contributed by atoms with van der Waals surface area (Å²) in [5.41, 5.74) is 7.96. The van der Waals surface area contributed by atoms with Crippen molar-refractivity contribution in [2.45, 2.75) is 57.0 Å². The monoisotopic (exact) mass is 788 g/mol. The highest BCUT2D eigenvalue weighted by atomic mass is 16.7. The van der Waals surface area contributed by atoms with E-state index in [9.17, 15) is 14.7 Å². The summed E-state index contributed by atoms with van der Waals surface area (Å²) in [6, 6.07) is 42.0. The Labute approximate surface area is 344 Å². The van der Waals surface area contributed by atoms with E-state index in [0.717, 1.165) is 70.5 Å². The predicted octanol–water partition coefficient (Wildman–Crippen LogP) is 6.94. The molecule has 4 atom stereocenters. The fourth-order valence-corrected chi connectivity index (χ4v) is 8.83. The highest BCUT2D eigenvalue weighted by molar-refractivity contribution is 5.94. The first-order valence-electron chi connectivity index (χ1n) is 20.4. The van der Waals surface area contributed by atoms with Crippen LogP contribution in [-0.4, -0.2) is 69.7 Å². The van der Waals surface area contributed by atoms with E-state index in [1.165, 1.54) is 6.20 Å². The number of nitrogens with zero attached hydrogens (tertiary/aromatic N) is 4. The van der Waals surface area contributed by atoms with Crippen LogP contribution in [0, 0.1) is 5.92 Å². The number of amides is 2. The first kappa shape index (κ1) is 38.5. The van der Waals surface area contributed by atoms with Gasteiger partial charge in [0.2, 0.25) is 5.91 Å². The molecule has 11 heteroatoms. The molecule has 0 aliphatic carbocycles. The van der Waals surface area contributed by atoms with Gasteiger partial charge in [-0.15, -0.1) is 0 Å². The van der Waals surface area contributed by atoms with Crippen LogP contribution in [0.4, 0.5) is 5.69 Å². The molecule has 0 unspecified atom stereocenters. The maximum atomic E-state index is 13.4. The first-order valence-corrected chi connectivity index (χ1v) is 20.4. The van der Waals surface area contributed by atoms with Gasteiger partial charge in [0.25, 0.3) is 5.91 Å². The van der Waals surface area contributed by atoms with Gasteiger partial charge in [0, 0.05) is 43.3 Å². The van der Waals surface area contributed by atoms with Crippen LogP contribution >= 0.6 is 0 Å². The number of fused-ring (bicyclic) bond motifs is 1. The van der Waals surface area contributed by atoms with E-state index in [0.29, 0.717) is 25.3 Å². The van der Waals surface area contributed by atoms with Crippen molar-refractivity contribution >= 4 is 28.5 Å². The molecule has 3 N–H and O–H groups in total. The maximum absolute atomic E-state index is 13.4. The summed E-state index contributed by atoms with van der Waals surface area (Å²) in [6.07, 6.45) is 1.96. The second-order valence-electron chi connectivity index (χ2n) is 15.8. The number of likely N-dealkylation sites (tertiary alicyclic amines) is 1. The Bertz CT molecular complexity index is 2420. The zero-order valence-electron chi connectivity index (χ0n) is 33.0. The Morgan fingerprint density at radius 3 is 2.31 bits per heavy atom. The zero-order chi connectivity index (χ0) is 40.3. The first-order chi connectivity index (χ1) is 28.9. The molecule has 1 aromatic heterocycles. The number of aliphatic hydroxyl groups is 1. The minimum Gasteiger partial charge on any atom is -0.392 e. The number of hydrogen-bond donors (Lipinski definition) is 3. The molecule has 4 heterocycles. The third-order valence-electron chi connectivity index (χ3n) is 12.3. The molecule has 9 rings (SSSR count). The van der Waals surface area contributed by atoms with E-state index in [4.69, 9.17) is 9.47 Å². The largest absolute Gasteiger partial charge is 0.392 e. The lowest BCUT2D eigenvalue weighted by Crippen LogP contribution is -2.57. The van der Waals surface area contributed by atoms with Crippen LogP contribution in [0.25, 0.3) is 22.2 Å². The molecule has 3 saturated heterocycles. The van der Waals surface area contributed by atoms with Gasteiger partial charge in [0.1, 0.15) is 11.2 Å². The van der Waals surface area contributed by atoms with Crippen molar-refractivity contribution in [1.82, 2.24) is 25.5 Å². The predicted molar refractivity (Wildman–Crippen MR) is 226 cm³/mol. The SMILES string of the molecule is C[C@H]1[C@@H](CN2CCC3(CC2)C(=O)NCN3c2ccccc2)O[C@@H](c2ccc(-c3ccccc3CNC(=O)c3cnc4ccccc4n3)cc2)O[C@H]1c1ccc(CO)cc1. The zero-order valence-corrected chi connectivity index (χ0v) is 33.0. The lowest BCUT2D eigenvalue weighted by molar-refractivity contribution is -0.276. The van der Waals surface area contributed by atoms with Crippen LogP contribution in [0.5, 0.6) is 0 Å². The second kappa shape index (κ2) is 16.7. The van der Waals surface area contributed by atoms with Crippen LogP contribution in [0.15, 0.2) is 134 Å². The Hall–Kier alpha value is -5.98. The van der Waals surface area contributed by atoms with Crippen molar-refractivity contribution in [3.8, 4) is 11.1 Å². The molecule has 59 heavy (non-hydrogen) atoms. The van der Waals surface area contributed by atoms with E-state index in [1.807, 2.05) is 84.9 Å². The van der Waals surface area contributed by atoms with E-state index in [1.54, 1.807) is 0 Å². The molecule has 3 fully saturated rings. The quantitative estimate of drug-likeness (QED) is 0.135. The molecule has 0 saturated carbocycles. The van der Waals surface area contributed by atoms with Crippen molar-refractivity contribution in [2.24, 2.45) is 5.92 Å². The number of para-hydroxylation sites is 3. The summed E-state index contributed by atoms with van der Waals surface area (Å²) in [7, 11) is 0. The number of piperidine rings is 1. The molecule has 0 bridgehead atoms. The number of benzene rings is 5. The average Bonchev–Trinajstić information content (AvgIpc) is 3.61. The normalized spacial score (nSPS) is 21.7. The van der Waals surface area contributed by atoms with Crippen molar-refractivity contribution in [1.29, 1.82) is 0 Å². The topological polar surface area (TPSA) is 129 Å². The summed E-state index contributed by atoms with van der Waals surface area (Å²) in [5, 5.41) is 15.9. The molecule has 300 valence electrons. The fraction of sp³-hybridized carbons (Fsp3) is 0.292. The fourth-order valence-electron chi connectivity index (χ4n) is 8.83. The van der Waals surface area contributed by atoms with E-state index >= 15 is 0 Å². The van der Waals surface area contributed by atoms with Gasteiger partial charge in [0.15, 0.2) is 6.29 Å². The minimum atomic E-state index is -0.615. The number of carbonyl (C=O) groups excluding carboxylic acids is 2. The van der Waals surface area contributed by atoms with Gasteiger partial charge >= 0.3 is 0 Å². The van der Waals surface area contributed by atoms with Crippen LogP contribution in [0.2, 0.25) is 0 Å². The standard InChI is InChI=1S/C48H48N6O5/c1-32-43(29-53-25-23-48(24-26-53)47(57)51-31-54(48)38-10-3-2-4-11-38)58-46(59-44(32)35-17-15-33(30-55)16-18-35)36-21-19-34(20-22-36)39-12-6-5-9-37(39)27-50-45(56)42-28-49-40-13-7-8-14-41(40)52-42/h2-22,28,32,43-44,46,55H,23-27,29-31H2,1H3,(H,50,56)(H,51,57)/t32-,43+,44+,46+/m0/s1. The van der Waals surface area contributed by atoms with Crippen LogP contribution < -0.4 is 15.5 Å². The van der Waals surface area contributed by atoms with Crippen LogP contribution in [0.1, 0.15) is 64.9 Å². The summed E-state index contributed by atoms with van der Waals surface area (Å²) < 4.78 is 13.7. The number of rotatable bonds is 10. The highest BCUT2D eigenvalue weighted by Gasteiger charge is 2.51. The van der Waals surface area contributed by atoms with Crippen LogP contribution in [0.3, 0.4) is 0 Å². The van der Waals surface area contributed by atoms with Gasteiger partial charge in [-0.1, -0.05) is 110 Å². The van der Waals surface area contributed by atoms with Gasteiger partial charge in [-0.2, -0.15) is 0 Å². The molecule has 5 aromatic carbocycles. The molecule has 2 amide bonds. The second-order valence-corrected chi connectivity index (χ2v) is 15.8. The Balaban J connectivity index is 0.912. The Morgan fingerprint density at radius 1 is 0.847 bits per heavy atom. The van der Waals surface area contributed by atoms with Crippen molar-refractivity contribution in [2.75, 3.05) is 31.2 Å². The van der Waals surface area contributed by atoms with Gasteiger partial charge in [0.05, 0.1) is 42.7 Å². The number of aliphatic hydroxyl groups excluding tert-OH is 1. The number of ether oxygens (including phenoxy) is 2. The van der Waals surface area contributed by atoms with Crippen molar-refractivity contribution < 1.29 is 24.2 Å². The summed E-state index contributed by atoms with van der Waals surface area (Å²) >= 11 is 0. The molecule has 6 aromatic rings. The van der Waals surface area contributed by atoms with Gasteiger partial charge in [-0.05, 0) is 64.9 Å². The maximum Gasteiger partial charge on any atom is 0.271 e. The summed E-state index contributed by atoms with van der Waals surface area (Å²) in [5.74, 6) is -0.152. The number of anilines is 1. The van der Waals surface area contributed by atoms with Gasteiger partial charge in [-0.25, -0.2) is 4.98 Å². The molecular formula is C48H48N6O5. The van der Waals surface area contributed by atoms with Crippen LogP contribution in [-0.2, 0) is 27.4 Å². The smallest absolute Gasteiger partial charge is 0.271 e. The number of aromatic nitrogens is 2. The Kier molecular flexibility index (Phi) is 10.9. The molecular weight excluding hydrogens is 741 g/mol. The molecule has 1 spiro atoms. The van der Waals surface area contributed by atoms with E-state index in [2.05, 4.69) is 79.8 Å². The number of carbonyl (C=O) groups is 2. The third kappa shape index (κ3) is 7.82. The lowest BCUT2D eigenvalue weighted by atomic mass is 9.84. The molecule has 3 aliphatic rings. The number of hydrogen-bond acceptors (Lipinski definition) is 9. The van der Waals surface area contributed by atoms with Crippen molar-refractivity contribution in [3.05, 3.63) is 162 Å². The molecule has 11 nitrogen and oxygen atoms in total. The van der Waals surface area contributed by atoms with Gasteiger partial charge in [-0.3, -0.25) is 14.6 Å². The van der Waals surface area contributed by atoms with E-state index < -0.39 is 11.8 Å². The lowest BCUT2D eigenvalue weighted by Gasteiger charge is -2.46. The van der Waals surface area contributed by atoms with Crippen molar-refractivity contribution in [3.63, 3.8) is 0 Å². The number of nitrogens with one attached hydrogen (secondary N) is 2. The summed E-state index contributed by atoms with van der Waals surface area (Å²) in [4.78, 5) is 40.1. The molecule has 3 aliphatic heterocycles. The average molecular weight is 789 g/mol. The van der Waals surface area contributed by atoms with E-state index in [-0.39, 0.29) is 42.2 Å². The molecule has 0 radical (unpaired) electrons. The minimum absolute atomic E-state index is 0.0210. The summed E-state index contributed by atoms with van der Waals surface area (Å²) in [6.45, 7) is 5.25.